The molecule has 3 nitrogen and oxygen atoms in total. The molecular formula is C17H29N3. The fourth-order valence-electron chi connectivity index (χ4n) is 3.55. The van der Waals surface area contributed by atoms with Crippen molar-refractivity contribution in [2.75, 3.05) is 12.4 Å². The van der Waals surface area contributed by atoms with E-state index >= 15 is 0 Å². The Kier molecular flexibility index (Phi) is 5.38. The van der Waals surface area contributed by atoms with Gasteiger partial charge in [0, 0.05) is 24.2 Å². The van der Waals surface area contributed by atoms with Gasteiger partial charge in [-0.25, -0.2) is 9.97 Å². The van der Waals surface area contributed by atoms with Crippen LogP contribution in [0.5, 0.6) is 0 Å². The van der Waals surface area contributed by atoms with Crippen molar-refractivity contribution >= 4 is 5.82 Å². The van der Waals surface area contributed by atoms with Crippen LogP contribution in [0.1, 0.15) is 75.4 Å². The summed E-state index contributed by atoms with van der Waals surface area (Å²) in [6.45, 7) is 6.58. The maximum absolute atomic E-state index is 4.80. The van der Waals surface area contributed by atoms with Gasteiger partial charge >= 0.3 is 0 Å². The van der Waals surface area contributed by atoms with Crippen molar-refractivity contribution in [1.82, 2.24) is 9.97 Å². The summed E-state index contributed by atoms with van der Waals surface area (Å²) in [7, 11) is 1.96. The van der Waals surface area contributed by atoms with Crippen LogP contribution in [0.2, 0.25) is 0 Å². The van der Waals surface area contributed by atoms with Crippen LogP contribution in [0.15, 0.2) is 0 Å². The molecule has 112 valence electrons. The van der Waals surface area contributed by atoms with Gasteiger partial charge in [0.1, 0.15) is 11.6 Å². The molecule has 1 aliphatic carbocycles. The fourth-order valence-corrected chi connectivity index (χ4v) is 3.55. The zero-order valence-electron chi connectivity index (χ0n) is 13.5. The molecule has 3 heteroatoms. The molecule has 1 saturated carbocycles. The minimum absolute atomic E-state index is 0.569. The van der Waals surface area contributed by atoms with Crippen molar-refractivity contribution < 1.29 is 0 Å². The van der Waals surface area contributed by atoms with E-state index in [1.165, 1.54) is 44.1 Å². The topological polar surface area (TPSA) is 37.8 Å². The summed E-state index contributed by atoms with van der Waals surface area (Å²) in [6.07, 6.45) is 8.93. The van der Waals surface area contributed by atoms with Gasteiger partial charge in [0.2, 0.25) is 0 Å². The van der Waals surface area contributed by atoms with E-state index in [1.54, 1.807) is 0 Å². The van der Waals surface area contributed by atoms with Crippen LogP contribution >= 0.6 is 0 Å². The van der Waals surface area contributed by atoms with Crippen molar-refractivity contribution in [3.8, 4) is 0 Å². The SMILES string of the molecule is CCCC1CCC(c2nc(C)c(CC)c(NC)n2)CC1. The normalized spacial score (nSPS) is 22.8. The summed E-state index contributed by atoms with van der Waals surface area (Å²) in [4.78, 5) is 9.59. The molecular weight excluding hydrogens is 246 g/mol. The number of nitrogens with one attached hydrogen (secondary N) is 1. The van der Waals surface area contributed by atoms with Crippen LogP contribution < -0.4 is 5.32 Å². The lowest BCUT2D eigenvalue weighted by Crippen LogP contribution is -2.17. The van der Waals surface area contributed by atoms with Gasteiger partial charge in [-0.15, -0.1) is 0 Å². The van der Waals surface area contributed by atoms with Gasteiger partial charge in [0.15, 0.2) is 0 Å². The third-order valence-corrected chi connectivity index (χ3v) is 4.73. The van der Waals surface area contributed by atoms with Crippen LogP contribution in [0, 0.1) is 12.8 Å². The number of nitrogens with zero attached hydrogens (tertiary/aromatic N) is 2. The molecule has 0 unspecified atom stereocenters. The highest BCUT2D eigenvalue weighted by Crippen LogP contribution is 2.36. The van der Waals surface area contributed by atoms with Crippen LogP contribution in [-0.4, -0.2) is 17.0 Å². The molecule has 0 aromatic carbocycles. The van der Waals surface area contributed by atoms with Gasteiger partial charge in [0.25, 0.3) is 0 Å². The first-order valence-electron chi connectivity index (χ1n) is 8.24. The first kappa shape index (κ1) is 15.3. The minimum atomic E-state index is 0.569. The first-order valence-corrected chi connectivity index (χ1v) is 8.24. The van der Waals surface area contributed by atoms with Gasteiger partial charge < -0.3 is 5.32 Å². The largest absolute Gasteiger partial charge is 0.373 e. The standard InChI is InChI=1S/C17H29N3/c1-5-7-13-8-10-14(11-9-13)16-19-12(3)15(6-2)17(18-4)20-16/h13-14H,5-11H2,1-4H3,(H,18,19,20). The van der Waals surface area contributed by atoms with Gasteiger partial charge in [-0.05, 0) is 44.9 Å². The average molecular weight is 275 g/mol. The van der Waals surface area contributed by atoms with Crippen LogP contribution in [0.4, 0.5) is 5.82 Å². The van der Waals surface area contributed by atoms with E-state index in [4.69, 9.17) is 9.97 Å². The van der Waals surface area contributed by atoms with Crippen molar-refractivity contribution in [1.29, 1.82) is 0 Å². The predicted molar refractivity (Wildman–Crippen MR) is 85.3 cm³/mol. The summed E-state index contributed by atoms with van der Waals surface area (Å²) < 4.78 is 0. The quantitative estimate of drug-likeness (QED) is 0.862. The Morgan fingerprint density at radius 2 is 1.80 bits per heavy atom. The number of aryl methyl sites for hydroxylation is 1. The van der Waals surface area contributed by atoms with Crippen molar-refractivity contribution in [3.05, 3.63) is 17.1 Å². The molecule has 1 N–H and O–H groups in total. The molecule has 1 aliphatic rings. The summed E-state index contributed by atoms with van der Waals surface area (Å²) >= 11 is 0. The molecule has 0 atom stereocenters. The summed E-state index contributed by atoms with van der Waals surface area (Å²) in [6, 6.07) is 0. The van der Waals surface area contributed by atoms with Gasteiger partial charge in [-0.2, -0.15) is 0 Å². The molecule has 0 amide bonds. The van der Waals surface area contributed by atoms with Crippen molar-refractivity contribution in [2.24, 2.45) is 5.92 Å². The summed E-state index contributed by atoms with van der Waals surface area (Å²) in [5, 5.41) is 3.24. The Balaban J connectivity index is 2.12. The van der Waals surface area contributed by atoms with Crippen LogP contribution in [-0.2, 0) is 6.42 Å². The Labute approximate surface area is 123 Å². The molecule has 0 radical (unpaired) electrons. The number of hydrogen-bond acceptors (Lipinski definition) is 3. The second-order valence-corrected chi connectivity index (χ2v) is 6.10. The zero-order valence-corrected chi connectivity index (χ0v) is 13.5. The fraction of sp³-hybridized carbons (Fsp3) is 0.765. The van der Waals surface area contributed by atoms with Gasteiger partial charge in [0.05, 0.1) is 0 Å². The molecule has 1 fully saturated rings. The molecule has 0 aliphatic heterocycles. The molecule has 2 rings (SSSR count). The highest BCUT2D eigenvalue weighted by Gasteiger charge is 2.24. The van der Waals surface area contributed by atoms with E-state index in [0.717, 1.165) is 29.7 Å². The van der Waals surface area contributed by atoms with Crippen molar-refractivity contribution in [2.45, 2.75) is 71.6 Å². The van der Waals surface area contributed by atoms with Gasteiger partial charge in [-0.3, -0.25) is 0 Å². The minimum Gasteiger partial charge on any atom is -0.373 e. The molecule has 0 bridgehead atoms. The van der Waals surface area contributed by atoms with E-state index < -0.39 is 0 Å². The molecule has 1 heterocycles. The van der Waals surface area contributed by atoms with Gasteiger partial charge in [-0.1, -0.05) is 26.7 Å². The smallest absolute Gasteiger partial charge is 0.134 e. The van der Waals surface area contributed by atoms with E-state index in [1.807, 2.05) is 7.05 Å². The number of anilines is 1. The van der Waals surface area contributed by atoms with E-state index in [-0.39, 0.29) is 0 Å². The highest BCUT2D eigenvalue weighted by molar-refractivity contribution is 5.46. The molecule has 0 saturated heterocycles. The number of aromatic nitrogens is 2. The lowest BCUT2D eigenvalue weighted by atomic mass is 9.79. The third kappa shape index (κ3) is 3.31. The molecule has 20 heavy (non-hydrogen) atoms. The number of rotatable bonds is 5. The second-order valence-electron chi connectivity index (χ2n) is 6.10. The molecule has 1 aromatic rings. The predicted octanol–water partition coefficient (Wildman–Crippen LogP) is 4.46. The monoisotopic (exact) mass is 275 g/mol. The lowest BCUT2D eigenvalue weighted by molar-refractivity contribution is 0.302. The maximum Gasteiger partial charge on any atom is 0.134 e. The van der Waals surface area contributed by atoms with E-state index in [2.05, 4.69) is 26.1 Å². The van der Waals surface area contributed by atoms with Crippen molar-refractivity contribution in [3.63, 3.8) is 0 Å². The number of hydrogen-bond donors (Lipinski definition) is 1. The Bertz CT molecular complexity index is 434. The zero-order chi connectivity index (χ0) is 14.5. The Hall–Kier alpha value is -1.12. The maximum atomic E-state index is 4.80. The first-order chi connectivity index (χ1) is 9.69. The van der Waals surface area contributed by atoms with E-state index in [0.29, 0.717) is 5.92 Å². The van der Waals surface area contributed by atoms with Crippen LogP contribution in [0.25, 0.3) is 0 Å². The van der Waals surface area contributed by atoms with Crippen LogP contribution in [0.3, 0.4) is 0 Å². The molecule has 0 spiro atoms. The average Bonchev–Trinajstić information content (AvgIpc) is 2.47. The highest BCUT2D eigenvalue weighted by atomic mass is 15.0. The Morgan fingerprint density at radius 3 is 2.35 bits per heavy atom. The van der Waals surface area contributed by atoms with E-state index in [9.17, 15) is 0 Å². The second kappa shape index (κ2) is 7.05. The lowest BCUT2D eigenvalue weighted by Gasteiger charge is -2.28. The summed E-state index contributed by atoms with van der Waals surface area (Å²) in [5.41, 5.74) is 2.41. The third-order valence-electron chi connectivity index (χ3n) is 4.73. The summed E-state index contributed by atoms with van der Waals surface area (Å²) in [5.74, 6) is 3.61. The molecule has 1 aromatic heterocycles. The Morgan fingerprint density at radius 1 is 1.10 bits per heavy atom.